The van der Waals surface area contributed by atoms with E-state index in [0.29, 0.717) is 12.1 Å². The maximum Gasteiger partial charge on any atom is 0.176 e. The summed E-state index contributed by atoms with van der Waals surface area (Å²) in [4.78, 5) is 4.60. The number of likely N-dealkylation sites (N-methyl/N-ethyl adjacent to an activating group) is 1. The Kier molecular flexibility index (Phi) is 6.51. The third-order valence-electron chi connectivity index (χ3n) is 6.84. The molecule has 2 unspecified atom stereocenters. The molecular weight excluding hydrogens is 442 g/mol. The van der Waals surface area contributed by atoms with Gasteiger partial charge in [-0.3, -0.25) is 4.90 Å². The second-order valence-electron chi connectivity index (χ2n) is 10.2. The van der Waals surface area contributed by atoms with E-state index < -0.39 is 21.5 Å². The first-order chi connectivity index (χ1) is 15.5. The molecule has 4 nitrogen and oxygen atoms in total. The summed E-state index contributed by atoms with van der Waals surface area (Å²) in [7, 11) is -1.78. The molecule has 0 spiro atoms. The quantitative estimate of drug-likeness (QED) is 0.618. The standard InChI is InChI=1S/C26H32F2N2O2S/c1-26(2)11-8-12-30(17-26)16-22-23(24(29(22)3)18-9-6-5-7-10-18)25(33(4,31)32)19-13-20(27)15-21(28)14-19/h5-7,9-10,13-15,22,24H,8,11-12,16-17H2,1-4H3. The van der Waals surface area contributed by atoms with Crippen LogP contribution in [0.5, 0.6) is 0 Å². The summed E-state index contributed by atoms with van der Waals surface area (Å²) >= 11 is 0. The Morgan fingerprint density at radius 1 is 1.09 bits per heavy atom. The number of hydrogen-bond donors (Lipinski definition) is 0. The lowest BCUT2D eigenvalue weighted by atomic mass is 9.79. The topological polar surface area (TPSA) is 40.6 Å². The Morgan fingerprint density at radius 3 is 2.30 bits per heavy atom. The zero-order chi connectivity index (χ0) is 24.0. The smallest absolute Gasteiger partial charge is 0.176 e. The Labute approximate surface area is 195 Å². The average molecular weight is 475 g/mol. The van der Waals surface area contributed by atoms with Crippen molar-refractivity contribution in [1.82, 2.24) is 9.80 Å². The van der Waals surface area contributed by atoms with Gasteiger partial charge in [-0.1, -0.05) is 44.2 Å². The summed E-state index contributed by atoms with van der Waals surface area (Å²) in [5.74, 6) is -1.57. The van der Waals surface area contributed by atoms with Crippen LogP contribution in [0.1, 0.15) is 43.9 Å². The number of sulfone groups is 1. The Balaban J connectivity index is 1.85. The lowest BCUT2D eigenvalue weighted by molar-refractivity contribution is 0.0504. The highest BCUT2D eigenvalue weighted by Crippen LogP contribution is 2.48. The van der Waals surface area contributed by atoms with Gasteiger partial charge >= 0.3 is 0 Å². The number of halogens is 2. The average Bonchev–Trinajstić information content (AvgIpc) is 2.70. The van der Waals surface area contributed by atoms with Crippen LogP contribution in [-0.4, -0.2) is 57.2 Å². The fraction of sp³-hybridized carbons (Fsp3) is 0.462. The van der Waals surface area contributed by atoms with Crippen LogP contribution < -0.4 is 0 Å². The minimum atomic E-state index is -3.77. The van der Waals surface area contributed by atoms with Crippen molar-refractivity contribution in [3.05, 3.63) is 76.9 Å². The molecular formula is C26H32F2N2O2S. The van der Waals surface area contributed by atoms with Gasteiger partial charge in [0.15, 0.2) is 9.84 Å². The first-order valence-electron chi connectivity index (χ1n) is 11.4. The van der Waals surface area contributed by atoms with Crippen molar-refractivity contribution in [1.29, 1.82) is 0 Å². The van der Waals surface area contributed by atoms with Crippen molar-refractivity contribution in [2.45, 2.75) is 38.8 Å². The van der Waals surface area contributed by atoms with Gasteiger partial charge in [-0.2, -0.15) is 0 Å². The predicted molar refractivity (Wildman–Crippen MR) is 128 cm³/mol. The minimum absolute atomic E-state index is 0.0362. The van der Waals surface area contributed by atoms with Crippen LogP contribution in [0.15, 0.2) is 54.1 Å². The second-order valence-corrected chi connectivity index (χ2v) is 12.2. The molecule has 2 aromatic carbocycles. The normalized spacial score (nSPS) is 25.5. The van der Waals surface area contributed by atoms with Gasteiger partial charge in [0.2, 0.25) is 0 Å². The summed E-state index contributed by atoms with van der Waals surface area (Å²) in [6.07, 6.45) is 3.38. The van der Waals surface area contributed by atoms with Crippen LogP contribution in [0.2, 0.25) is 0 Å². The number of likely N-dealkylation sites (tertiary alicyclic amines) is 2. The molecule has 7 heteroatoms. The van der Waals surface area contributed by atoms with E-state index in [4.69, 9.17) is 0 Å². The van der Waals surface area contributed by atoms with Crippen molar-refractivity contribution in [3.8, 4) is 0 Å². The van der Waals surface area contributed by atoms with E-state index >= 15 is 0 Å². The Morgan fingerprint density at radius 2 is 1.73 bits per heavy atom. The molecule has 2 saturated heterocycles. The van der Waals surface area contributed by atoms with E-state index in [1.807, 2.05) is 37.4 Å². The van der Waals surface area contributed by atoms with E-state index in [1.54, 1.807) is 0 Å². The fourth-order valence-electron chi connectivity index (χ4n) is 5.50. The molecule has 33 heavy (non-hydrogen) atoms. The molecule has 2 aromatic rings. The molecule has 0 amide bonds. The van der Waals surface area contributed by atoms with E-state index in [0.717, 1.165) is 55.9 Å². The van der Waals surface area contributed by atoms with Gasteiger partial charge in [0, 0.05) is 31.5 Å². The molecule has 4 rings (SSSR count). The summed E-state index contributed by atoms with van der Waals surface area (Å²) in [5, 5.41) is 0. The lowest BCUT2D eigenvalue weighted by Gasteiger charge is -2.53. The zero-order valence-corrected chi connectivity index (χ0v) is 20.5. The minimum Gasteiger partial charge on any atom is -0.301 e. The van der Waals surface area contributed by atoms with Crippen LogP contribution >= 0.6 is 0 Å². The van der Waals surface area contributed by atoms with Crippen LogP contribution in [-0.2, 0) is 9.84 Å². The summed E-state index contributed by atoms with van der Waals surface area (Å²) in [6, 6.07) is 12.3. The van der Waals surface area contributed by atoms with E-state index in [2.05, 4.69) is 23.6 Å². The highest BCUT2D eigenvalue weighted by Gasteiger charge is 2.46. The zero-order valence-electron chi connectivity index (χ0n) is 19.7. The Bertz CT molecular complexity index is 1140. The van der Waals surface area contributed by atoms with Crippen LogP contribution in [0.4, 0.5) is 8.78 Å². The van der Waals surface area contributed by atoms with Crippen molar-refractivity contribution >= 4 is 14.7 Å². The number of piperidine rings is 1. The molecule has 2 aliphatic heterocycles. The number of benzene rings is 2. The monoisotopic (exact) mass is 474 g/mol. The van der Waals surface area contributed by atoms with Gasteiger partial charge in [0.05, 0.1) is 10.9 Å². The molecule has 2 atom stereocenters. The van der Waals surface area contributed by atoms with Crippen molar-refractivity contribution in [2.75, 3.05) is 32.9 Å². The largest absolute Gasteiger partial charge is 0.301 e. The van der Waals surface area contributed by atoms with Crippen LogP contribution in [0.3, 0.4) is 0 Å². The number of hydrogen-bond acceptors (Lipinski definition) is 4. The first kappa shape index (κ1) is 24.0. The SMILES string of the molecule is CN1C(CN2CCCC(C)(C)C2)C(=C(c2cc(F)cc(F)c2)S(C)(=O)=O)C1c1ccccc1. The molecule has 0 aliphatic carbocycles. The molecule has 0 bridgehead atoms. The maximum absolute atomic E-state index is 14.1. The second kappa shape index (κ2) is 8.93. The molecule has 2 fully saturated rings. The van der Waals surface area contributed by atoms with Crippen LogP contribution in [0.25, 0.3) is 4.91 Å². The molecule has 178 valence electrons. The predicted octanol–water partition coefficient (Wildman–Crippen LogP) is 4.90. The summed E-state index contributed by atoms with van der Waals surface area (Å²) in [6.45, 7) is 7.08. The van der Waals surface area contributed by atoms with Gasteiger partial charge in [-0.05, 0) is 60.7 Å². The fourth-order valence-corrected chi connectivity index (χ4v) is 6.72. The molecule has 0 saturated carbocycles. The summed E-state index contributed by atoms with van der Waals surface area (Å²) in [5.41, 5.74) is 1.94. The molecule has 0 radical (unpaired) electrons. The van der Waals surface area contributed by atoms with Crippen molar-refractivity contribution < 1.29 is 17.2 Å². The van der Waals surface area contributed by atoms with E-state index in [-0.39, 0.29) is 28.0 Å². The maximum atomic E-state index is 14.1. The van der Waals surface area contributed by atoms with Gasteiger partial charge in [-0.25, -0.2) is 17.2 Å². The molecule has 2 aliphatic rings. The number of nitrogens with zero attached hydrogens (tertiary/aromatic N) is 2. The van der Waals surface area contributed by atoms with E-state index in [1.165, 1.54) is 0 Å². The van der Waals surface area contributed by atoms with E-state index in [9.17, 15) is 17.2 Å². The van der Waals surface area contributed by atoms with Gasteiger partial charge in [0.25, 0.3) is 0 Å². The van der Waals surface area contributed by atoms with Gasteiger partial charge in [0.1, 0.15) is 11.6 Å². The highest BCUT2D eigenvalue weighted by atomic mass is 32.2. The van der Waals surface area contributed by atoms with Crippen molar-refractivity contribution in [2.24, 2.45) is 5.41 Å². The first-order valence-corrected chi connectivity index (χ1v) is 13.3. The number of rotatable bonds is 5. The third kappa shape index (κ3) is 5.05. The highest BCUT2D eigenvalue weighted by molar-refractivity contribution is 8.00. The van der Waals surface area contributed by atoms with Gasteiger partial charge < -0.3 is 4.90 Å². The Hall–Kier alpha value is -2.09. The summed E-state index contributed by atoms with van der Waals surface area (Å²) < 4.78 is 54.4. The molecule has 0 aromatic heterocycles. The lowest BCUT2D eigenvalue weighted by Crippen LogP contribution is -2.57. The molecule has 0 N–H and O–H groups in total. The van der Waals surface area contributed by atoms with Crippen molar-refractivity contribution in [3.63, 3.8) is 0 Å². The molecule has 2 heterocycles. The van der Waals surface area contributed by atoms with Crippen LogP contribution in [0, 0.1) is 17.0 Å². The van der Waals surface area contributed by atoms with Gasteiger partial charge in [-0.15, -0.1) is 0 Å². The third-order valence-corrected chi connectivity index (χ3v) is 8.05.